The smallest absolute Gasteiger partial charge is 0.271 e. The van der Waals surface area contributed by atoms with Gasteiger partial charge in [0, 0.05) is 22.3 Å². The summed E-state index contributed by atoms with van der Waals surface area (Å²) in [5.41, 5.74) is 5.12. The fraction of sp³-hybridized carbons (Fsp3) is 0. The molecule has 4 rings (SSSR count). The molecule has 3 N–H and O–H groups in total. The molecule has 0 heterocycles. The number of nitrogens with zero attached hydrogens (tertiary/aromatic N) is 1. The van der Waals surface area contributed by atoms with Gasteiger partial charge in [-0.3, -0.25) is 4.79 Å². The highest BCUT2D eigenvalue weighted by Crippen LogP contribution is 2.24. The maximum Gasteiger partial charge on any atom is 0.271 e. The van der Waals surface area contributed by atoms with Crippen LogP contribution in [0.4, 0.5) is 0 Å². The first-order valence-electron chi connectivity index (χ1n) is 9.66. The topological polar surface area (TPSA) is 81.9 Å². The normalized spacial score (nSPS) is 10.7. The Labute approximate surface area is 189 Å². The van der Waals surface area contributed by atoms with Crippen LogP contribution in [0.25, 0.3) is 10.8 Å². The molecule has 0 saturated carbocycles. The third-order valence-electron chi connectivity index (χ3n) is 4.73. The van der Waals surface area contributed by atoms with Gasteiger partial charge >= 0.3 is 0 Å². The summed E-state index contributed by atoms with van der Waals surface area (Å²) in [4.78, 5) is 12.3. The fourth-order valence-corrected chi connectivity index (χ4v) is 3.32. The second-order valence-corrected chi connectivity index (χ2v) is 7.32. The van der Waals surface area contributed by atoms with E-state index in [1.807, 2.05) is 42.5 Å². The lowest BCUT2D eigenvalue weighted by atomic mass is 10.00. The lowest BCUT2D eigenvalue weighted by Gasteiger charge is -2.05. The zero-order valence-electron chi connectivity index (χ0n) is 16.7. The molecular formula is C26H17ClN2O3. The van der Waals surface area contributed by atoms with Gasteiger partial charge in [-0.25, -0.2) is 5.43 Å². The number of carbonyl (C=O) groups excluding carboxylic acids is 1. The number of aromatic hydroxyl groups is 2. The average molecular weight is 441 g/mol. The highest BCUT2D eigenvalue weighted by molar-refractivity contribution is 6.32. The predicted molar refractivity (Wildman–Crippen MR) is 126 cm³/mol. The van der Waals surface area contributed by atoms with E-state index in [0.717, 1.165) is 27.5 Å². The molecule has 32 heavy (non-hydrogen) atoms. The Morgan fingerprint density at radius 2 is 1.72 bits per heavy atom. The molecular weight excluding hydrogens is 424 g/mol. The SMILES string of the molecule is O=C(N/N=C/c1ccc(C#Cc2cccc(O)c2)c2ccccc12)c1ccc(O)c(Cl)c1. The van der Waals surface area contributed by atoms with Gasteiger partial charge < -0.3 is 10.2 Å². The van der Waals surface area contributed by atoms with E-state index < -0.39 is 5.91 Å². The van der Waals surface area contributed by atoms with E-state index in [4.69, 9.17) is 11.6 Å². The van der Waals surface area contributed by atoms with Gasteiger partial charge in [0.15, 0.2) is 0 Å². The minimum atomic E-state index is -0.443. The van der Waals surface area contributed by atoms with Crippen LogP contribution >= 0.6 is 11.6 Å². The highest BCUT2D eigenvalue weighted by atomic mass is 35.5. The van der Waals surface area contributed by atoms with Gasteiger partial charge in [0.2, 0.25) is 0 Å². The van der Waals surface area contributed by atoms with Gasteiger partial charge in [0.25, 0.3) is 5.91 Å². The molecule has 0 aromatic heterocycles. The minimum absolute atomic E-state index is 0.0922. The van der Waals surface area contributed by atoms with Gasteiger partial charge in [0.1, 0.15) is 11.5 Å². The first-order valence-corrected chi connectivity index (χ1v) is 10.0. The van der Waals surface area contributed by atoms with Crippen molar-refractivity contribution in [3.8, 4) is 23.3 Å². The number of phenols is 2. The van der Waals surface area contributed by atoms with Gasteiger partial charge in [-0.05, 0) is 53.2 Å². The Bertz CT molecular complexity index is 1420. The number of benzene rings is 4. The zero-order valence-corrected chi connectivity index (χ0v) is 17.5. The maximum absolute atomic E-state index is 12.3. The summed E-state index contributed by atoms with van der Waals surface area (Å²) >= 11 is 5.85. The van der Waals surface area contributed by atoms with E-state index in [9.17, 15) is 15.0 Å². The van der Waals surface area contributed by atoms with Crippen LogP contribution in [0.3, 0.4) is 0 Å². The van der Waals surface area contributed by atoms with Crippen molar-refractivity contribution in [1.29, 1.82) is 0 Å². The van der Waals surface area contributed by atoms with Crippen LogP contribution in [0.15, 0.2) is 84.0 Å². The molecule has 4 aromatic rings. The molecule has 0 saturated heterocycles. The lowest BCUT2D eigenvalue weighted by Crippen LogP contribution is -2.17. The van der Waals surface area contributed by atoms with Crippen LogP contribution in [0, 0.1) is 11.8 Å². The quantitative estimate of drug-likeness (QED) is 0.236. The van der Waals surface area contributed by atoms with Crippen molar-refractivity contribution >= 4 is 34.5 Å². The fourth-order valence-electron chi connectivity index (χ4n) is 3.14. The summed E-state index contributed by atoms with van der Waals surface area (Å²) in [6.45, 7) is 0. The van der Waals surface area contributed by atoms with Crippen LogP contribution in [0.2, 0.25) is 5.02 Å². The highest BCUT2D eigenvalue weighted by Gasteiger charge is 2.08. The van der Waals surface area contributed by atoms with Crippen molar-refractivity contribution in [3.63, 3.8) is 0 Å². The number of hydrazone groups is 1. The van der Waals surface area contributed by atoms with Crippen LogP contribution in [0.1, 0.15) is 27.0 Å². The third kappa shape index (κ3) is 4.72. The number of hydrogen-bond donors (Lipinski definition) is 3. The standard InChI is InChI=1S/C26H17ClN2O3/c27-24-15-19(12-13-25(24)31)26(32)29-28-16-20-11-10-18(22-6-1-2-7-23(20)22)9-8-17-4-3-5-21(30)14-17/h1-7,10-16,30-31H,(H,29,32)/b28-16+. The predicted octanol–water partition coefficient (Wildman–Crippen LogP) is 5.07. The summed E-state index contributed by atoms with van der Waals surface area (Å²) in [6, 6.07) is 22.5. The molecule has 0 aliphatic carbocycles. The second-order valence-electron chi connectivity index (χ2n) is 6.91. The third-order valence-corrected chi connectivity index (χ3v) is 5.03. The van der Waals surface area contributed by atoms with E-state index in [1.165, 1.54) is 18.2 Å². The molecule has 156 valence electrons. The Balaban J connectivity index is 1.58. The van der Waals surface area contributed by atoms with Gasteiger partial charge in [-0.1, -0.05) is 59.8 Å². The molecule has 0 aliphatic rings. The minimum Gasteiger partial charge on any atom is -0.508 e. The van der Waals surface area contributed by atoms with Crippen LogP contribution in [-0.2, 0) is 0 Å². The Kier molecular flexibility index (Phi) is 6.07. The van der Waals surface area contributed by atoms with Crippen molar-refractivity contribution in [2.24, 2.45) is 5.10 Å². The Hall–Kier alpha value is -4.27. The lowest BCUT2D eigenvalue weighted by molar-refractivity contribution is 0.0955. The van der Waals surface area contributed by atoms with Crippen molar-refractivity contribution in [3.05, 3.63) is 106 Å². The van der Waals surface area contributed by atoms with E-state index in [0.29, 0.717) is 0 Å². The molecule has 5 nitrogen and oxygen atoms in total. The number of carbonyl (C=O) groups is 1. The van der Waals surface area contributed by atoms with Crippen LogP contribution < -0.4 is 5.43 Å². The van der Waals surface area contributed by atoms with E-state index in [-0.39, 0.29) is 22.1 Å². The molecule has 6 heteroatoms. The summed E-state index contributed by atoms with van der Waals surface area (Å²) in [5, 5.41) is 25.1. The average Bonchev–Trinajstić information content (AvgIpc) is 2.80. The molecule has 1 amide bonds. The van der Waals surface area contributed by atoms with Crippen molar-refractivity contribution in [1.82, 2.24) is 5.43 Å². The van der Waals surface area contributed by atoms with Crippen molar-refractivity contribution in [2.45, 2.75) is 0 Å². The number of amides is 1. The Morgan fingerprint density at radius 3 is 2.50 bits per heavy atom. The molecule has 0 aliphatic heterocycles. The number of fused-ring (bicyclic) bond motifs is 1. The van der Waals surface area contributed by atoms with Gasteiger partial charge in [-0.15, -0.1) is 0 Å². The summed E-state index contributed by atoms with van der Waals surface area (Å²) in [5.74, 6) is 5.86. The number of nitrogens with one attached hydrogen (secondary N) is 1. The van der Waals surface area contributed by atoms with Crippen molar-refractivity contribution in [2.75, 3.05) is 0 Å². The summed E-state index contributed by atoms with van der Waals surface area (Å²) in [7, 11) is 0. The number of rotatable bonds is 3. The molecule has 0 bridgehead atoms. The molecule has 0 atom stereocenters. The largest absolute Gasteiger partial charge is 0.508 e. The van der Waals surface area contributed by atoms with Crippen LogP contribution in [0.5, 0.6) is 11.5 Å². The van der Waals surface area contributed by atoms with E-state index >= 15 is 0 Å². The second kappa shape index (κ2) is 9.25. The zero-order chi connectivity index (χ0) is 22.5. The number of halogens is 1. The van der Waals surface area contributed by atoms with E-state index in [1.54, 1.807) is 24.4 Å². The van der Waals surface area contributed by atoms with Gasteiger partial charge in [-0.2, -0.15) is 5.10 Å². The maximum atomic E-state index is 12.3. The summed E-state index contributed by atoms with van der Waals surface area (Å²) in [6.07, 6.45) is 1.56. The molecule has 0 fully saturated rings. The first-order chi connectivity index (χ1) is 15.5. The van der Waals surface area contributed by atoms with Crippen molar-refractivity contribution < 1.29 is 15.0 Å². The first kappa shape index (κ1) is 21.0. The summed E-state index contributed by atoms with van der Waals surface area (Å²) < 4.78 is 0. The monoisotopic (exact) mass is 440 g/mol. The van der Waals surface area contributed by atoms with Crippen LogP contribution in [-0.4, -0.2) is 22.3 Å². The molecule has 0 unspecified atom stereocenters. The molecule has 0 spiro atoms. The van der Waals surface area contributed by atoms with Gasteiger partial charge in [0.05, 0.1) is 11.2 Å². The molecule has 0 radical (unpaired) electrons. The molecule has 4 aromatic carbocycles. The number of phenolic OH excluding ortho intramolecular Hbond substituents is 2. The van der Waals surface area contributed by atoms with E-state index in [2.05, 4.69) is 22.4 Å². The number of hydrogen-bond acceptors (Lipinski definition) is 4. The Morgan fingerprint density at radius 1 is 0.906 bits per heavy atom.